The molecule has 8 heavy (non-hydrogen) atoms. The first kappa shape index (κ1) is 7.53. The molecule has 0 aromatic carbocycles. The van der Waals surface area contributed by atoms with Crippen LogP contribution in [-0.2, 0) is 4.79 Å². The van der Waals surface area contributed by atoms with Gasteiger partial charge in [-0.05, 0) is 0 Å². The standard InChI is InChI=1S/C4H5BrN2O/c5-2-1-4(8)3-7-6/h3H,1-2H2. The summed E-state index contributed by atoms with van der Waals surface area (Å²) >= 11 is 3.06. The van der Waals surface area contributed by atoms with Crippen molar-refractivity contribution in [1.82, 2.24) is 0 Å². The molecule has 0 rings (SSSR count). The van der Waals surface area contributed by atoms with E-state index in [4.69, 9.17) is 5.53 Å². The summed E-state index contributed by atoms with van der Waals surface area (Å²) in [5.74, 6) is -0.177. The molecule has 0 spiro atoms. The van der Waals surface area contributed by atoms with Crippen LogP contribution >= 0.6 is 15.9 Å². The van der Waals surface area contributed by atoms with Crippen LogP contribution in [0.15, 0.2) is 0 Å². The van der Waals surface area contributed by atoms with Crippen LogP contribution in [0.1, 0.15) is 6.42 Å². The fourth-order valence-corrected chi connectivity index (χ4v) is 0.613. The number of hydrogen-bond acceptors (Lipinski definition) is 1. The molecule has 0 fully saturated rings. The van der Waals surface area contributed by atoms with Crippen LogP contribution in [0.4, 0.5) is 0 Å². The monoisotopic (exact) mass is 176 g/mol. The minimum absolute atomic E-state index is 0.177. The summed E-state index contributed by atoms with van der Waals surface area (Å²) in [7, 11) is 0. The number of halogens is 1. The summed E-state index contributed by atoms with van der Waals surface area (Å²) in [6.45, 7) is 0. The van der Waals surface area contributed by atoms with E-state index in [0.717, 1.165) is 6.21 Å². The molecule has 0 N–H and O–H groups in total. The fraction of sp³-hybridized carbons (Fsp3) is 0.500. The first-order valence-electron chi connectivity index (χ1n) is 2.07. The SMILES string of the molecule is [N-]=[N+]=CC(=O)CCBr. The Labute approximate surface area is 55.4 Å². The molecule has 0 saturated carbocycles. The van der Waals surface area contributed by atoms with Gasteiger partial charge in [0.15, 0.2) is 0 Å². The van der Waals surface area contributed by atoms with E-state index in [1.54, 1.807) is 0 Å². The first-order valence-corrected chi connectivity index (χ1v) is 3.19. The molecule has 44 valence electrons. The van der Waals surface area contributed by atoms with Crippen molar-refractivity contribution >= 4 is 27.9 Å². The van der Waals surface area contributed by atoms with E-state index >= 15 is 0 Å². The molecule has 0 aliphatic rings. The van der Waals surface area contributed by atoms with E-state index < -0.39 is 0 Å². The summed E-state index contributed by atoms with van der Waals surface area (Å²) in [4.78, 5) is 12.9. The number of Topliss-reactive ketones (excluding diaryl/α,β-unsaturated/α-hetero) is 1. The van der Waals surface area contributed by atoms with E-state index in [9.17, 15) is 4.79 Å². The molecule has 0 unspecified atom stereocenters. The summed E-state index contributed by atoms with van der Waals surface area (Å²) < 4.78 is 0. The van der Waals surface area contributed by atoms with E-state index in [1.807, 2.05) is 0 Å². The zero-order chi connectivity index (χ0) is 6.41. The lowest BCUT2D eigenvalue weighted by Crippen LogP contribution is -1.99. The zero-order valence-corrected chi connectivity index (χ0v) is 5.76. The second kappa shape index (κ2) is 4.68. The highest BCUT2D eigenvalue weighted by molar-refractivity contribution is 9.09. The van der Waals surface area contributed by atoms with Crippen molar-refractivity contribution in [3.8, 4) is 0 Å². The van der Waals surface area contributed by atoms with Crippen LogP contribution in [0.5, 0.6) is 0 Å². The quantitative estimate of drug-likeness (QED) is 0.270. The van der Waals surface area contributed by atoms with Crippen LogP contribution in [0.3, 0.4) is 0 Å². The number of rotatable bonds is 3. The van der Waals surface area contributed by atoms with Crippen molar-refractivity contribution < 1.29 is 9.58 Å². The van der Waals surface area contributed by atoms with E-state index in [0.29, 0.717) is 11.8 Å². The van der Waals surface area contributed by atoms with Gasteiger partial charge in [0, 0.05) is 11.8 Å². The lowest BCUT2D eigenvalue weighted by Gasteiger charge is -1.76. The Hall–Kier alpha value is -0.470. The molecule has 3 nitrogen and oxygen atoms in total. The van der Waals surface area contributed by atoms with Crippen molar-refractivity contribution in [1.29, 1.82) is 0 Å². The number of ketones is 1. The fourth-order valence-electron chi connectivity index (χ4n) is 0.222. The van der Waals surface area contributed by atoms with Gasteiger partial charge in [-0.15, -0.1) is 0 Å². The van der Waals surface area contributed by atoms with Gasteiger partial charge in [-0.2, -0.15) is 4.79 Å². The summed E-state index contributed by atoms with van der Waals surface area (Å²) in [6, 6.07) is 0. The minimum Gasteiger partial charge on any atom is -0.361 e. The normalized spacial score (nSPS) is 7.62. The number of carbonyl (C=O) groups is 1. The van der Waals surface area contributed by atoms with Crippen LogP contribution in [0, 0.1) is 0 Å². The van der Waals surface area contributed by atoms with Crippen LogP contribution in [0.2, 0.25) is 0 Å². The topological polar surface area (TPSA) is 53.5 Å². The molecule has 0 heterocycles. The van der Waals surface area contributed by atoms with Gasteiger partial charge in [-0.3, -0.25) is 4.79 Å². The Morgan fingerprint density at radius 1 is 1.88 bits per heavy atom. The van der Waals surface area contributed by atoms with Crippen LogP contribution in [-0.4, -0.2) is 22.1 Å². The van der Waals surface area contributed by atoms with Gasteiger partial charge in [0.1, 0.15) is 0 Å². The molecule has 0 aromatic rings. The zero-order valence-electron chi connectivity index (χ0n) is 4.17. The number of alkyl halides is 1. The summed E-state index contributed by atoms with van der Waals surface area (Å²) in [5, 5.41) is 0.609. The Kier molecular flexibility index (Phi) is 4.41. The van der Waals surface area contributed by atoms with Crippen molar-refractivity contribution in [3.63, 3.8) is 0 Å². The van der Waals surface area contributed by atoms with Gasteiger partial charge in [0.25, 0.3) is 0 Å². The molecular formula is C4H5BrN2O. The molecule has 0 bridgehead atoms. The predicted molar refractivity (Wildman–Crippen MR) is 33.1 cm³/mol. The van der Waals surface area contributed by atoms with Crippen molar-refractivity contribution in [2.75, 3.05) is 5.33 Å². The Bertz CT molecular complexity index is 128. The minimum atomic E-state index is -0.177. The molecular weight excluding hydrogens is 172 g/mol. The van der Waals surface area contributed by atoms with Crippen molar-refractivity contribution in [2.24, 2.45) is 0 Å². The maximum absolute atomic E-state index is 10.3. The second-order valence-electron chi connectivity index (χ2n) is 1.15. The summed E-state index contributed by atoms with van der Waals surface area (Å²) in [6.07, 6.45) is 1.27. The molecule has 0 saturated heterocycles. The largest absolute Gasteiger partial charge is 0.361 e. The van der Waals surface area contributed by atoms with E-state index in [2.05, 4.69) is 20.7 Å². The Morgan fingerprint density at radius 2 is 2.50 bits per heavy atom. The molecule has 4 heteroatoms. The molecule has 0 aliphatic heterocycles. The highest BCUT2D eigenvalue weighted by Crippen LogP contribution is 1.85. The molecule has 0 radical (unpaired) electrons. The van der Waals surface area contributed by atoms with E-state index in [-0.39, 0.29) is 5.78 Å². The smallest absolute Gasteiger partial charge is 0.323 e. The lowest BCUT2D eigenvalue weighted by atomic mass is 10.3. The van der Waals surface area contributed by atoms with Gasteiger partial charge in [-0.25, -0.2) is 0 Å². The van der Waals surface area contributed by atoms with Crippen molar-refractivity contribution in [3.05, 3.63) is 5.53 Å². The number of carbonyl (C=O) groups excluding carboxylic acids is 1. The third-order valence-electron chi connectivity index (χ3n) is 0.543. The third kappa shape index (κ3) is 3.71. The molecule has 0 aromatic heterocycles. The van der Waals surface area contributed by atoms with Crippen LogP contribution in [0.25, 0.3) is 5.53 Å². The van der Waals surface area contributed by atoms with E-state index in [1.165, 1.54) is 0 Å². The highest BCUT2D eigenvalue weighted by atomic mass is 79.9. The van der Waals surface area contributed by atoms with Gasteiger partial charge >= 0.3 is 6.21 Å². The predicted octanol–water partition coefficient (Wildman–Crippen LogP) is 0.641. The van der Waals surface area contributed by atoms with Crippen LogP contribution < -0.4 is 0 Å². The Balaban J connectivity index is 3.49. The highest BCUT2D eigenvalue weighted by Gasteiger charge is 1.97. The third-order valence-corrected chi connectivity index (χ3v) is 0.939. The maximum Gasteiger partial charge on any atom is 0.323 e. The van der Waals surface area contributed by atoms with Gasteiger partial charge in [-0.1, -0.05) is 15.9 Å². The average Bonchev–Trinajstić information content (AvgIpc) is 1.68. The average molecular weight is 177 g/mol. The first-order chi connectivity index (χ1) is 3.81. The van der Waals surface area contributed by atoms with Crippen molar-refractivity contribution in [2.45, 2.75) is 6.42 Å². The van der Waals surface area contributed by atoms with Gasteiger partial charge < -0.3 is 5.53 Å². The molecule has 0 aliphatic carbocycles. The summed E-state index contributed by atoms with van der Waals surface area (Å²) in [5.41, 5.74) is 7.80. The molecule has 0 amide bonds. The second-order valence-corrected chi connectivity index (χ2v) is 1.94. The van der Waals surface area contributed by atoms with Gasteiger partial charge in [0.05, 0.1) is 0 Å². The number of hydrogen-bond donors (Lipinski definition) is 0. The maximum atomic E-state index is 10.3. The lowest BCUT2D eigenvalue weighted by molar-refractivity contribution is -0.115. The molecule has 0 atom stereocenters. The Morgan fingerprint density at radius 3 is 2.88 bits per heavy atom. The number of nitrogens with zero attached hydrogens (tertiary/aromatic N) is 2. The van der Waals surface area contributed by atoms with Gasteiger partial charge in [0.2, 0.25) is 5.78 Å².